The van der Waals surface area contributed by atoms with Gasteiger partial charge in [-0.1, -0.05) is 6.07 Å². The number of hydrogen-bond donors (Lipinski definition) is 0. The zero-order valence-corrected chi connectivity index (χ0v) is 16.4. The molecule has 5 rings (SSSR count). The molecule has 0 spiro atoms. The van der Waals surface area contributed by atoms with Crippen LogP contribution in [-0.4, -0.2) is 20.4 Å². The summed E-state index contributed by atoms with van der Waals surface area (Å²) in [5, 5.41) is 34.3. The molecule has 0 amide bonds. The van der Waals surface area contributed by atoms with E-state index in [9.17, 15) is 0 Å². The molecule has 3 aromatic carbocycles. The molecule has 0 bridgehead atoms. The van der Waals surface area contributed by atoms with Gasteiger partial charge in [-0.05, 0) is 66.7 Å². The molecule has 0 aliphatic carbocycles. The largest absolute Gasteiger partial charge is 0.416 e. The Morgan fingerprint density at radius 1 is 0.500 bits per heavy atom. The zero-order valence-electron chi connectivity index (χ0n) is 16.4. The number of benzene rings is 3. The topological polar surface area (TPSA) is 125 Å². The predicted molar refractivity (Wildman–Crippen MR) is 113 cm³/mol. The summed E-state index contributed by atoms with van der Waals surface area (Å²) < 4.78 is 11.6. The van der Waals surface area contributed by atoms with Crippen LogP contribution in [0.2, 0.25) is 0 Å². The molecule has 2 aromatic heterocycles. The summed E-state index contributed by atoms with van der Waals surface area (Å²) in [6.07, 6.45) is 0. The summed E-state index contributed by atoms with van der Waals surface area (Å²) in [6.45, 7) is 0. The van der Waals surface area contributed by atoms with E-state index in [1.165, 1.54) is 0 Å². The molecule has 5 aromatic rings. The molecule has 2 heterocycles. The van der Waals surface area contributed by atoms with E-state index < -0.39 is 0 Å². The minimum atomic E-state index is 0.345. The van der Waals surface area contributed by atoms with Crippen LogP contribution in [0.5, 0.6) is 0 Å². The summed E-state index contributed by atoms with van der Waals surface area (Å²) >= 11 is 0. The third-order valence-corrected chi connectivity index (χ3v) is 4.73. The fourth-order valence-corrected chi connectivity index (χ4v) is 3.07. The van der Waals surface area contributed by atoms with Gasteiger partial charge < -0.3 is 8.83 Å². The lowest BCUT2D eigenvalue weighted by Gasteiger charge is -1.99. The van der Waals surface area contributed by atoms with Crippen LogP contribution in [0.1, 0.15) is 11.1 Å². The smallest absolute Gasteiger partial charge is 0.248 e. The molecule has 0 radical (unpaired) electrons. The van der Waals surface area contributed by atoms with E-state index in [-0.39, 0.29) is 0 Å². The normalized spacial score (nSPS) is 10.4. The first-order valence-corrected chi connectivity index (χ1v) is 9.52. The summed E-state index contributed by atoms with van der Waals surface area (Å²) in [5.41, 5.74) is 3.97. The van der Waals surface area contributed by atoms with Gasteiger partial charge in [0.25, 0.3) is 0 Å². The Kier molecular flexibility index (Phi) is 4.72. The van der Waals surface area contributed by atoms with E-state index in [1.54, 1.807) is 48.5 Å². The highest BCUT2D eigenvalue weighted by Gasteiger charge is 2.14. The van der Waals surface area contributed by atoms with Gasteiger partial charge in [-0.2, -0.15) is 10.5 Å². The quantitative estimate of drug-likeness (QED) is 0.406. The van der Waals surface area contributed by atoms with Crippen molar-refractivity contribution >= 4 is 0 Å². The molecule has 150 valence electrons. The highest BCUT2D eigenvalue weighted by Crippen LogP contribution is 2.29. The summed E-state index contributed by atoms with van der Waals surface area (Å²) in [5.74, 6) is 1.41. The number of nitrogens with zero attached hydrogens (tertiary/aromatic N) is 6. The van der Waals surface area contributed by atoms with Gasteiger partial charge in [0.15, 0.2) is 0 Å². The van der Waals surface area contributed by atoms with Crippen molar-refractivity contribution in [2.75, 3.05) is 0 Å². The fourth-order valence-electron chi connectivity index (χ4n) is 3.07. The second-order valence-electron chi connectivity index (χ2n) is 6.78. The molecule has 0 saturated heterocycles. The van der Waals surface area contributed by atoms with Gasteiger partial charge >= 0.3 is 0 Å². The summed E-state index contributed by atoms with van der Waals surface area (Å²) in [4.78, 5) is 0. The molecule has 32 heavy (non-hydrogen) atoms. The zero-order chi connectivity index (χ0) is 21.9. The van der Waals surface area contributed by atoms with Gasteiger partial charge in [-0.25, -0.2) is 0 Å². The molecule has 0 N–H and O–H groups in total. The van der Waals surface area contributed by atoms with Crippen molar-refractivity contribution in [1.29, 1.82) is 10.5 Å². The van der Waals surface area contributed by atoms with E-state index in [0.717, 1.165) is 11.1 Å². The minimum absolute atomic E-state index is 0.345. The van der Waals surface area contributed by atoms with Crippen molar-refractivity contribution in [3.8, 4) is 58.0 Å². The Balaban J connectivity index is 1.42. The van der Waals surface area contributed by atoms with Gasteiger partial charge in [0, 0.05) is 22.3 Å². The van der Waals surface area contributed by atoms with Crippen LogP contribution >= 0.6 is 0 Å². The van der Waals surface area contributed by atoms with E-state index in [4.69, 9.17) is 19.4 Å². The third-order valence-electron chi connectivity index (χ3n) is 4.73. The average molecular weight is 416 g/mol. The van der Waals surface area contributed by atoms with Crippen LogP contribution in [0.15, 0.2) is 81.6 Å². The van der Waals surface area contributed by atoms with Crippen molar-refractivity contribution in [1.82, 2.24) is 20.4 Å². The molecule has 8 heteroatoms. The minimum Gasteiger partial charge on any atom is -0.416 e. The van der Waals surface area contributed by atoms with E-state index in [1.807, 2.05) is 24.3 Å². The van der Waals surface area contributed by atoms with Crippen LogP contribution < -0.4 is 0 Å². The first-order valence-electron chi connectivity index (χ1n) is 9.52. The summed E-state index contributed by atoms with van der Waals surface area (Å²) in [6, 6.07) is 25.3. The SMILES string of the molecule is N#Cc1ccc(-c2nnc(-c3cccc(-c4nnc(-c5ccc(C#N)cc5)o4)c3)o2)cc1. The van der Waals surface area contributed by atoms with Crippen molar-refractivity contribution in [2.45, 2.75) is 0 Å². The molecule has 0 unspecified atom stereocenters. The highest BCUT2D eigenvalue weighted by molar-refractivity contribution is 5.66. The Morgan fingerprint density at radius 2 is 0.875 bits per heavy atom. The highest BCUT2D eigenvalue weighted by atomic mass is 16.4. The van der Waals surface area contributed by atoms with Gasteiger partial charge in [0.05, 0.1) is 23.3 Å². The van der Waals surface area contributed by atoms with Crippen LogP contribution in [0.25, 0.3) is 45.8 Å². The van der Waals surface area contributed by atoms with Crippen molar-refractivity contribution in [2.24, 2.45) is 0 Å². The maximum absolute atomic E-state index is 8.93. The molecular weight excluding hydrogens is 404 g/mol. The van der Waals surface area contributed by atoms with Crippen molar-refractivity contribution < 1.29 is 8.83 Å². The lowest BCUT2D eigenvalue weighted by atomic mass is 10.1. The molecule has 0 saturated carbocycles. The Hall–Kier alpha value is -5.08. The molecule has 0 atom stereocenters. The number of rotatable bonds is 4. The maximum atomic E-state index is 8.93. The van der Waals surface area contributed by atoms with Crippen LogP contribution in [-0.2, 0) is 0 Å². The van der Waals surface area contributed by atoms with E-state index in [2.05, 4.69) is 32.5 Å². The molecule has 0 fully saturated rings. The van der Waals surface area contributed by atoms with Crippen molar-refractivity contribution in [3.63, 3.8) is 0 Å². The third kappa shape index (κ3) is 3.60. The second kappa shape index (κ2) is 7.98. The Bertz CT molecular complexity index is 1370. The maximum Gasteiger partial charge on any atom is 0.248 e. The standard InChI is InChI=1S/C24H12N6O2/c25-13-15-4-8-17(9-5-15)21-27-29-23(31-21)19-2-1-3-20(12-19)24-30-28-22(32-24)18-10-6-16(14-26)7-11-18/h1-12H. The Morgan fingerprint density at radius 3 is 1.25 bits per heavy atom. The molecule has 8 nitrogen and oxygen atoms in total. The lowest BCUT2D eigenvalue weighted by molar-refractivity contribution is 0.582. The summed E-state index contributed by atoms with van der Waals surface area (Å²) in [7, 11) is 0. The van der Waals surface area contributed by atoms with Crippen LogP contribution in [0.4, 0.5) is 0 Å². The van der Waals surface area contributed by atoms with Crippen LogP contribution in [0.3, 0.4) is 0 Å². The predicted octanol–water partition coefficient (Wildman–Crippen LogP) is 4.86. The van der Waals surface area contributed by atoms with Crippen LogP contribution in [0, 0.1) is 22.7 Å². The van der Waals surface area contributed by atoms with Gasteiger partial charge in [-0.3, -0.25) is 0 Å². The van der Waals surface area contributed by atoms with Gasteiger partial charge in [0.2, 0.25) is 23.6 Å². The van der Waals surface area contributed by atoms with E-state index >= 15 is 0 Å². The number of aromatic nitrogens is 4. The first-order chi connectivity index (χ1) is 15.7. The molecular formula is C24H12N6O2. The molecule has 0 aliphatic heterocycles. The average Bonchev–Trinajstić information content (AvgIpc) is 3.55. The molecule has 0 aliphatic rings. The van der Waals surface area contributed by atoms with Crippen molar-refractivity contribution in [3.05, 3.63) is 83.9 Å². The van der Waals surface area contributed by atoms with Gasteiger partial charge in [0.1, 0.15) is 0 Å². The Labute approximate surface area is 182 Å². The number of hydrogen-bond acceptors (Lipinski definition) is 8. The van der Waals surface area contributed by atoms with Gasteiger partial charge in [-0.15, -0.1) is 20.4 Å². The fraction of sp³-hybridized carbons (Fsp3) is 0. The first kappa shape index (κ1) is 18.9. The van der Waals surface area contributed by atoms with E-state index in [0.29, 0.717) is 45.8 Å². The monoisotopic (exact) mass is 416 g/mol. The number of nitriles is 2. The lowest BCUT2D eigenvalue weighted by Crippen LogP contribution is -1.82. The second-order valence-corrected chi connectivity index (χ2v) is 6.78.